The molecule has 74 valence electrons. The third-order valence-corrected chi connectivity index (χ3v) is 2.84. The quantitative estimate of drug-likeness (QED) is 0.556. The summed E-state index contributed by atoms with van der Waals surface area (Å²) in [6.07, 6.45) is -0.334. The molecule has 12 heavy (non-hydrogen) atoms. The SMILES string of the molecule is CC(O)C(CN)C(C)C(C)CN. The first-order valence-corrected chi connectivity index (χ1v) is 4.62. The molecule has 3 heteroatoms. The predicted molar refractivity (Wildman–Crippen MR) is 51.6 cm³/mol. The second kappa shape index (κ2) is 5.51. The van der Waals surface area contributed by atoms with Gasteiger partial charge in [-0.15, -0.1) is 0 Å². The molecule has 0 radical (unpaired) electrons. The van der Waals surface area contributed by atoms with Crippen molar-refractivity contribution in [1.82, 2.24) is 0 Å². The predicted octanol–water partition coefficient (Wildman–Crippen LogP) is 0.173. The van der Waals surface area contributed by atoms with Crippen LogP contribution in [0.4, 0.5) is 0 Å². The van der Waals surface area contributed by atoms with Crippen LogP contribution in [0.25, 0.3) is 0 Å². The summed E-state index contributed by atoms with van der Waals surface area (Å²) in [5, 5.41) is 9.41. The zero-order valence-corrected chi connectivity index (χ0v) is 8.33. The summed E-state index contributed by atoms with van der Waals surface area (Å²) in [5.74, 6) is 0.983. The Bertz CT molecular complexity index is 117. The number of hydrogen-bond donors (Lipinski definition) is 3. The van der Waals surface area contributed by atoms with E-state index >= 15 is 0 Å². The van der Waals surface area contributed by atoms with Crippen molar-refractivity contribution in [3.8, 4) is 0 Å². The van der Waals surface area contributed by atoms with Gasteiger partial charge in [0, 0.05) is 0 Å². The standard InChI is InChI=1S/C9H22N2O/c1-6(4-10)7(2)9(5-11)8(3)12/h6-9,12H,4-5,10-11H2,1-3H3. The second-order valence-electron chi connectivity index (χ2n) is 3.71. The van der Waals surface area contributed by atoms with Crippen molar-refractivity contribution >= 4 is 0 Å². The zero-order chi connectivity index (χ0) is 9.72. The topological polar surface area (TPSA) is 72.3 Å². The first-order valence-electron chi connectivity index (χ1n) is 4.62. The molecule has 5 N–H and O–H groups in total. The number of aliphatic hydroxyl groups excluding tert-OH is 1. The van der Waals surface area contributed by atoms with Crippen LogP contribution in [-0.4, -0.2) is 24.3 Å². The first kappa shape index (κ1) is 11.9. The highest BCUT2D eigenvalue weighted by Crippen LogP contribution is 2.22. The summed E-state index contributed by atoms with van der Waals surface area (Å²) in [4.78, 5) is 0. The molecule has 0 aliphatic carbocycles. The molecule has 0 spiro atoms. The van der Waals surface area contributed by atoms with E-state index in [1.165, 1.54) is 0 Å². The molecule has 0 bridgehead atoms. The number of nitrogens with two attached hydrogens (primary N) is 2. The van der Waals surface area contributed by atoms with Gasteiger partial charge in [0.25, 0.3) is 0 Å². The van der Waals surface area contributed by atoms with E-state index < -0.39 is 0 Å². The van der Waals surface area contributed by atoms with Crippen molar-refractivity contribution in [2.75, 3.05) is 13.1 Å². The lowest BCUT2D eigenvalue weighted by molar-refractivity contribution is 0.0802. The lowest BCUT2D eigenvalue weighted by atomic mass is 9.81. The van der Waals surface area contributed by atoms with Crippen molar-refractivity contribution in [2.24, 2.45) is 29.2 Å². The Morgan fingerprint density at radius 1 is 1.08 bits per heavy atom. The van der Waals surface area contributed by atoms with E-state index in [9.17, 15) is 5.11 Å². The minimum atomic E-state index is -0.334. The molecule has 0 aromatic carbocycles. The van der Waals surface area contributed by atoms with E-state index in [1.807, 2.05) is 0 Å². The van der Waals surface area contributed by atoms with Gasteiger partial charge in [-0.3, -0.25) is 0 Å². The van der Waals surface area contributed by atoms with Crippen LogP contribution in [0.2, 0.25) is 0 Å². The molecular formula is C9H22N2O. The molecule has 0 aromatic rings. The minimum Gasteiger partial charge on any atom is -0.393 e. The van der Waals surface area contributed by atoms with E-state index in [0.29, 0.717) is 24.9 Å². The molecule has 0 heterocycles. The Morgan fingerprint density at radius 2 is 1.58 bits per heavy atom. The Morgan fingerprint density at radius 3 is 1.83 bits per heavy atom. The maximum atomic E-state index is 9.41. The van der Waals surface area contributed by atoms with Crippen LogP contribution in [0.1, 0.15) is 20.8 Å². The molecule has 0 aliphatic rings. The van der Waals surface area contributed by atoms with Gasteiger partial charge in [-0.1, -0.05) is 13.8 Å². The Kier molecular flexibility index (Phi) is 5.46. The van der Waals surface area contributed by atoms with Gasteiger partial charge in [0.1, 0.15) is 0 Å². The molecule has 0 aromatic heterocycles. The lowest BCUT2D eigenvalue weighted by Gasteiger charge is -2.29. The van der Waals surface area contributed by atoms with E-state index in [4.69, 9.17) is 11.5 Å². The zero-order valence-electron chi connectivity index (χ0n) is 8.33. The van der Waals surface area contributed by atoms with Crippen molar-refractivity contribution in [2.45, 2.75) is 26.9 Å². The van der Waals surface area contributed by atoms with Crippen LogP contribution in [0.15, 0.2) is 0 Å². The molecule has 4 atom stereocenters. The van der Waals surface area contributed by atoms with Gasteiger partial charge in [-0.05, 0) is 37.8 Å². The van der Waals surface area contributed by atoms with Gasteiger partial charge in [-0.25, -0.2) is 0 Å². The smallest absolute Gasteiger partial charge is 0.0554 e. The normalized spacial score (nSPS) is 21.5. The van der Waals surface area contributed by atoms with Crippen molar-refractivity contribution < 1.29 is 5.11 Å². The third kappa shape index (κ3) is 3.09. The first-order chi connectivity index (χ1) is 5.54. The average molecular weight is 174 g/mol. The monoisotopic (exact) mass is 174 g/mol. The largest absolute Gasteiger partial charge is 0.393 e. The van der Waals surface area contributed by atoms with E-state index in [1.54, 1.807) is 6.92 Å². The molecule has 0 saturated carbocycles. The van der Waals surface area contributed by atoms with Gasteiger partial charge in [-0.2, -0.15) is 0 Å². The van der Waals surface area contributed by atoms with Gasteiger partial charge in [0.05, 0.1) is 6.10 Å². The molecule has 0 saturated heterocycles. The molecule has 3 nitrogen and oxygen atoms in total. The third-order valence-electron chi connectivity index (χ3n) is 2.84. The fraction of sp³-hybridized carbons (Fsp3) is 1.00. The highest BCUT2D eigenvalue weighted by Gasteiger charge is 2.24. The second-order valence-corrected chi connectivity index (χ2v) is 3.71. The number of rotatable bonds is 5. The fourth-order valence-corrected chi connectivity index (χ4v) is 1.49. The summed E-state index contributed by atoms with van der Waals surface area (Å²) in [6.45, 7) is 7.17. The van der Waals surface area contributed by atoms with Crippen LogP contribution in [0.3, 0.4) is 0 Å². The van der Waals surface area contributed by atoms with Crippen LogP contribution in [0.5, 0.6) is 0 Å². The number of hydrogen-bond acceptors (Lipinski definition) is 3. The van der Waals surface area contributed by atoms with Gasteiger partial charge >= 0.3 is 0 Å². The van der Waals surface area contributed by atoms with Gasteiger partial charge < -0.3 is 16.6 Å². The summed E-state index contributed by atoms with van der Waals surface area (Å²) >= 11 is 0. The Balaban J connectivity index is 4.10. The van der Waals surface area contributed by atoms with Gasteiger partial charge in [0.2, 0.25) is 0 Å². The number of aliphatic hydroxyl groups is 1. The maximum Gasteiger partial charge on any atom is 0.0554 e. The molecule has 0 amide bonds. The van der Waals surface area contributed by atoms with Crippen molar-refractivity contribution in [3.63, 3.8) is 0 Å². The average Bonchev–Trinajstić information content (AvgIpc) is 2.03. The van der Waals surface area contributed by atoms with E-state index in [0.717, 1.165) is 0 Å². The molecular weight excluding hydrogens is 152 g/mol. The molecule has 0 rings (SSSR count). The Labute approximate surface area is 75.1 Å². The summed E-state index contributed by atoms with van der Waals surface area (Å²) in [7, 11) is 0. The molecule has 4 unspecified atom stereocenters. The molecule has 0 aliphatic heterocycles. The summed E-state index contributed by atoms with van der Waals surface area (Å²) < 4.78 is 0. The fourth-order valence-electron chi connectivity index (χ4n) is 1.49. The molecule has 0 fully saturated rings. The Hall–Kier alpha value is -0.120. The van der Waals surface area contributed by atoms with Gasteiger partial charge in [0.15, 0.2) is 0 Å². The lowest BCUT2D eigenvalue weighted by Crippen LogP contribution is -2.36. The van der Waals surface area contributed by atoms with Crippen molar-refractivity contribution in [3.05, 3.63) is 0 Å². The summed E-state index contributed by atoms with van der Waals surface area (Å²) in [5.41, 5.74) is 11.1. The highest BCUT2D eigenvalue weighted by atomic mass is 16.3. The van der Waals surface area contributed by atoms with E-state index in [-0.39, 0.29) is 12.0 Å². The van der Waals surface area contributed by atoms with E-state index in [2.05, 4.69) is 13.8 Å². The highest BCUT2D eigenvalue weighted by molar-refractivity contribution is 4.76. The summed E-state index contributed by atoms with van der Waals surface area (Å²) in [6, 6.07) is 0. The van der Waals surface area contributed by atoms with Crippen molar-refractivity contribution in [1.29, 1.82) is 0 Å². The van der Waals surface area contributed by atoms with Crippen LogP contribution in [-0.2, 0) is 0 Å². The maximum absolute atomic E-state index is 9.41. The van der Waals surface area contributed by atoms with Crippen LogP contribution >= 0.6 is 0 Å². The van der Waals surface area contributed by atoms with Crippen LogP contribution < -0.4 is 11.5 Å². The van der Waals surface area contributed by atoms with Crippen LogP contribution in [0, 0.1) is 17.8 Å². The minimum absolute atomic E-state index is 0.170.